The number of carbonyl (C=O) groups excluding carboxylic acids is 2. The van der Waals surface area contributed by atoms with Crippen molar-refractivity contribution in [2.24, 2.45) is 0 Å². The Balaban J connectivity index is 2.12. The van der Waals surface area contributed by atoms with Crippen LogP contribution in [-0.2, 0) is 6.54 Å². The van der Waals surface area contributed by atoms with Gasteiger partial charge in [0.25, 0.3) is 11.8 Å². The summed E-state index contributed by atoms with van der Waals surface area (Å²) in [7, 11) is 0. The van der Waals surface area contributed by atoms with Gasteiger partial charge in [-0.3, -0.25) is 9.59 Å². The highest BCUT2D eigenvalue weighted by Crippen LogP contribution is 2.16. The minimum absolute atomic E-state index is 0.163. The van der Waals surface area contributed by atoms with Crippen molar-refractivity contribution in [2.75, 3.05) is 18.4 Å². The van der Waals surface area contributed by atoms with E-state index in [-0.39, 0.29) is 11.8 Å². The zero-order valence-corrected chi connectivity index (χ0v) is 14.8. The van der Waals surface area contributed by atoms with Gasteiger partial charge in [0.05, 0.1) is 0 Å². The summed E-state index contributed by atoms with van der Waals surface area (Å²) in [6, 6.07) is 14.4. The summed E-state index contributed by atoms with van der Waals surface area (Å²) in [6.07, 6.45) is 0.870. The van der Waals surface area contributed by atoms with Crippen molar-refractivity contribution in [2.45, 2.75) is 26.8 Å². The predicted molar refractivity (Wildman–Crippen MR) is 101 cm³/mol. The lowest BCUT2D eigenvalue weighted by molar-refractivity contribution is 0.0953. The van der Waals surface area contributed by atoms with Crippen LogP contribution in [-0.4, -0.2) is 24.9 Å². The van der Waals surface area contributed by atoms with Crippen molar-refractivity contribution in [1.29, 1.82) is 0 Å². The number of hydrogen-bond donors (Lipinski definition) is 3. The van der Waals surface area contributed by atoms with Gasteiger partial charge in [0.2, 0.25) is 0 Å². The average molecular weight is 339 g/mol. The van der Waals surface area contributed by atoms with Crippen molar-refractivity contribution >= 4 is 17.5 Å². The molecule has 0 aromatic heterocycles. The zero-order chi connectivity index (χ0) is 18.1. The van der Waals surface area contributed by atoms with Crippen molar-refractivity contribution in [1.82, 2.24) is 10.6 Å². The van der Waals surface area contributed by atoms with Crippen LogP contribution in [0, 0.1) is 0 Å². The normalized spacial score (nSPS) is 10.3. The molecule has 0 bridgehead atoms. The molecule has 2 rings (SSSR count). The molecule has 5 heteroatoms. The van der Waals surface area contributed by atoms with E-state index >= 15 is 0 Å². The van der Waals surface area contributed by atoms with Crippen LogP contribution in [0.25, 0.3) is 0 Å². The maximum Gasteiger partial charge on any atom is 0.255 e. The third-order valence-electron chi connectivity index (χ3n) is 3.75. The Morgan fingerprint density at radius 2 is 1.64 bits per heavy atom. The number of carbonyl (C=O) groups is 2. The van der Waals surface area contributed by atoms with Crippen molar-refractivity contribution in [3.8, 4) is 0 Å². The second-order valence-electron chi connectivity index (χ2n) is 5.73. The summed E-state index contributed by atoms with van der Waals surface area (Å²) < 4.78 is 0. The van der Waals surface area contributed by atoms with Crippen LogP contribution >= 0.6 is 0 Å². The molecule has 0 saturated carbocycles. The molecule has 0 atom stereocenters. The van der Waals surface area contributed by atoms with E-state index < -0.39 is 0 Å². The number of rotatable bonds is 8. The Kier molecular flexibility index (Phi) is 7.16. The minimum atomic E-state index is -0.228. The highest BCUT2D eigenvalue weighted by atomic mass is 16.2. The maximum atomic E-state index is 12.6. The second-order valence-corrected chi connectivity index (χ2v) is 5.73. The Morgan fingerprint density at radius 1 is 0.920 bits per heavy atom. The first-order chi connectivity index (χ1) is 12.2. The van der Waals surface area contributed by atoms with Crippen LogP contribution < -0.4 is 16.0 Å². The van der Waals surface area contributed by atoms with Gasteiger partial charge in [0, 0.05) is 29.9 Å². The molecule has 2 amide bonds. The molecule has 132 valence electrons. The monoisotopic (exact) mass is 339 g/mol. The van der Waals surface area contributed by atoms with Gasteiger partial charge in [-0.1, -0.05) is 38.1 Å². The number of amides is 2. The summed E-state index contributed by atoms with van der Waals surface area (Å²) in [4.78, 5) is 24.6. The molecular formula is C20H25N3O2. The Morgan fingerprint density at radius 3 is 2.36 bits per heavy atom. The molecule has 0 aliphatic rings. The van der Waals surface area contributed by atoms with Crippen LogP contribution in [0.15, 0.2) is 48.5 Å². The first kappa shape index (κ1) is 18.7. The highest BCUT2D eigenvalue weighted by molar-refractivity contribution is 6.06. The molecular weight excluding hydrogens is 314 g/mol. The third-order valence-corrected chi connectivity index (χ3v) is 3.75. The number of anilines is 1. The van der Waals surface area contributed by atoms with Crippen LogP contribution in [0.1, 0.15) is 46.5 Å². The fraction of sp³-hybridized carbons (Fsp3) is 0.300. The zero-order valence-electron chi connectivity index (χ0n) is 14.8. The van der Waals surface area contributed by atoms with Gasteiger partial charge in [-0.15, -0.1) is 0 Å². The molecule has 0 aliphatic heterocycles. The molecule has 0 spiro atoms. The van der Waals surface area contributed by atoms with Gasteiger partial charge in [0.15, 0.2) is 0 Å². The van der Waals surface area contributed by atoms with E-state index in [4.69, 9.17) is 0 Å². The molecule has 25 heavy (non-hydrogen) atoms. The molecule has 0 fully saturated rings. The van der Waals surface area contributed by atoms with Crippen LogP contribution in [0.2, 0.25) is 0 Å². The molecule has 0 heterocycles. The lowest BCUT2D eigenvalue weighted by atomic mass is 10.1. The highest BCUT2D eigenvalue weighted by Gasteiger charge is 2.12. The smallest absolute Gasteiger partial charge is 0.255 e. The van der Waals surface area contributed by atoms with E-state index in [1.807, 2.05) is 38.1 Å². The number of para-hydroxylation sites is 1. The summed E-state index contributed by atoms with van der Waals surface area (Å²) >= 11 is 0. The fourth-order valence-electron chi connectivity index (χ4n) is 2.39. The number of benzene rings is 2. The topological polar surface area (TPSA) is 70.2 Å². The van der Waals surface area contributed by atoms with Crippen LogP contribution in [0.5, 0.6) is 0 Å². The van der Waals surface area contributed by atoms with Gasteiger partial charge in [0.1, 0.15) is 0 Å². The quantitative estimate of drug-likeness (QED) is 0.692. The summed E-state index contributed by atoms with van der Waals surface area (Å²) in [6.45, 7) is 6.20. The Labute approximate surface area is 148 Å². The first-order valence-corrected chi connectivity index (χ1v) is 8.64. The largest absolute Gasteiger partial charge is 0.352 e. The van der Waals surface area contributed by atoms with E-state index in [1.165, 1.54) is 0 Å². The number of hydrogen-bond acceptors (Lipinski definition) is 3. The SMILES string of the molecule is CCCNC(=O)c1cccc(C(=O)Nc2ccccc2CNCC)c1. The Hall–Kier alpha value is -2.66. The van der Waals surface area contributed by atoms with Gasteiger partial charge in [-0.2, -0.15) is 0 Å². The molecule has 0 aliphatic carbocycles. The van der Waals surface area contributed by atoms with Crippen LogP contribution in [0.4, 0.5) is 5.69 Å². The van der Waals surface area contributed by atoms with Crippen LogP contribution in [0.3, 0.4) is 0 Å². The lowest BCUT2D eigenvalue weighted by Gasteiger charge is -2.12. The molecule has 0 unspecified atom stereocenters. The maximum absolute atomic E-state index is 12.6. The van der Waals surface area contributed by atoms with E-state index in [0.29, 0.717) is 24.2 Å². The molecule has 2 aromatic rings. The third kappa shape index (κ3) is 5.43. The molecule has 5 nitrogen and oxygen atoms in total. The molecule has 0 saturated heterocycles. The summed E-state index contributed by atoms with van der Waals surface area (Å²) in [5.74, 6) is -0.391. The van der Waals surface area contributed by atoms with Gasteiger partial charge < -0.3 is 16.0 Å². The van der Waals surface area contributed by atoms with E-state index in [2.05, 4.69) is 16.0 Å². The summed E-state index contributed by atoms with van der Waals surface area (Å²) in [5.41, 5.74) is 2.74. The standard InChI is InChI=1S/C20H25N3O2/c1-3-12-22-19(24)15-9-7-10-16(13-15)20(25)23-18-11-6-5-8-17(18)14-21-4-2/h5-11,13,21H,3-4,12,14H2,1-2H3,(H,22,24)(H,23,25). The molecule has 3 N–H and O–H groups in total. The van der Waals surface area contributed by atoms with Gasteiger partial charge in [-0.25, -0.2) is 0 Å². The average Bonchev–Trinajstić information content (AvgIpc) is 2.65. The molecule has 2 aromatic carbocycles. The van der Waals surface area contributed by atoms with Gasteiger partial charge in [-0.05, 0) is 42.8 Å². The van der Waals surface area contributed by atoms with Crippen molar-refractivity contribution in [3.63, 3.8) is 0 Å². The van der Waals surface area contributed by atoms with E-state index in [1.54, 1.807) is 24.3 Å². The fourth-order valence-corrected chi connectivity index (χ4v) is 2.39. The van der Waals surface area contributed by atoms with Crippen molar-refractivity contribution in [3.05, 3.63) is 65.2 Å². The number of nitrogens with one attached hydrogen (secondary N) is 3. The lowest BCUT2D eigenvalue weighted by Crippen LogP contribution is -2.24. The molecule has 0 radical (unpaired) electrons. The second kappa shape index (κ2) is 9.59. The van der Waals surface area contributed by atoms with E-state index in [0.717, 1.165) is 24.2 Å². The minimum Gasteiger partial charge on any atom is -0.352 e. The van der Waals surface area contributed by atoms with E-state index in [9.17, 15) is 9.59 Å². The van der Waals surface area contributed by atoms with Crippen molar-refractivity contribution < 1.29 is 9.59 Å². The van der Waals surface area contributed by atoms with Gasteiger partial charge >= 0.3 is 0 Å². The summed E-state index contributed by atoms with van der Waals surface area (Å²) in [5, 5.41) is 9.01. The predicted octanol–water partition coefficient (Wildman–Crippen LogP) is 3.19. The Bertz CT molecular complexity index is 728. The first-order valence-electron chi connectivity index (χ1n) is 8.64.